The van der Waals surface area contributed by atoms with Gasteiger partial charge in [0.2, 0.25) is 5.91 Å². The van der Waals surface area contributed by atoms with E-state index < -0.39 is 0 Å². The second-order valence-corrected chi connectivity index (χ2v) is 7.00. The van der Waals surface area contributed by atoms with Crippen LogP contribution in [0.15, 0.2) is 24.3 Å². The Hall–Kier alpha value is -2.08. The predicted molar refractivity (Wildman–Crippen MR) is 100 cm³/mol. The number of benzene rings is 1. The van der Waals surface area contributed by atoms with Crippen molar-refractivity contribution in [1.82, 2.24) is 15.1 Å². The van der Waals surface area contributed by atoms with Crippen LogP contribution < -0.4 is 10.1 Å². The normalized spacial score (nSPS) is 20.3. The molecule has 6 nitrogen and oxygen atoms in total. The van der Waals surface area contributed by atoms with Gasteiger partial charge < -0.3 is 19.9 Å². The van der Waals surface area contributed by atoms with E-state index in [1.807, 2.05) is 34.9 Å². The van der Waals surface area contributed by atoms with Crippen molar-refractivity contribution in [2.75, 3.05) is 45.9 Å². The summed E-state index contributed by atoms with van der Waals surface area (Å²) < 4.78 is 5.57. The van der Waals surface area contributed by atoms with Crippen molar-refractivity contribution in [1.29, 1.82) is 0 Å². The molecule has 142 valence electrons. The van der Waals surface area contributed by atoms with E-state index in [0.717, 1.165) is 19.5 Å². The first-order valence-electron chi connectivity index (χ1n) is 9.68. The standard InChI is InChI=1S/C20H29N3O3/c1-2-26-18-6-4-3-5-17(18)20(25)23-13-11-22(12-14-23)19(24)8-7-16-9-10-21-15-16/h3-6,16,21H,2,7-15H2,1H3. The van der Waals surface area contributed by atoms with E-state index in [9.17, 15) is 9.59 Å². The molecule has 2 amide bonds. The van der Waals surface area contributed by atoms with Crippen LogP contribution in [0.2, 0.25) is 0 Å². The smallest absolute Gasteiger partial charge is 0.257 e. The summed E-state index contributed by atoms with van der Waals surface area (Å²) in [5.41, 5.74) is 0.600. The molecule has 1 unspecified atom stereocenters. The number of hydrogen-bond acceptors (Lipinski definition) is 4. The molecular weight excluding hydrogens is 330 g/mol. The number of amides is 2. The molecule has 0 bridgehead atoms. The Kier molecular flexibility index (Phi) is 6.50. The van der Waals surface area contributed by atoms with Gasteiger partial charge in [-0.2, -0.15) is 0 Å². The van der Waals surface area contributed by atoms with Gasteiger partial charge in [0.1, 0.15) is 5.75 Å². The van der Waals surface area contributed by atoms with Gasteiger partial charge >= 0.3 is 0 Å². The fourth-order valence-corrected chi connectivity index (χ4v) is 3.70. The van der Waals surface area contributed by atoms with E-state index in [1.165, 1.54) is 6.42 Å². The Labute approximate surface area is 155 Å². The second-order valence-electron chi connectivity index (χ2n) is 7.00. The summed E-state index contributed by atoms with van der Waals surface area (Å²) in [5, 5.41) is 3.34. The zero-order valence-electron chi connectivity index (χ0n) is 15.6. The van der Waals surface area contributed by atoms with Crippen LogP contribution in [0.5, 0.6) is 5.75 Å². The van der Waals surface area contributed by atoms with E-state index in [-0.39, 0.29) is 11.8 Å². The Balaban J connectivity index is 1.50. The van der Waals surface area contributed by atoms with Crippen molar-refractivity contribution in [3.05, 3.63) is 29.8 Å². The summed E-state index contributed by atoms with van der Waals surface area (Å²) in [5.74, 6) is 1.47. The first-order valence-corrected chi connectivity index (χ1v) is 9.68. The van der Waals surface area contributed by atoms with Gasteiger partial charge in [-0.15, -0.1) is 0 Å². The molecule has 1 atom stereocenters. The molecular formula is C20H29N3O3. The van der Waals surface area contributed by atoms with E-state index >= 15 is 0 Å². The van der Waals surface area contributed by atoms with Crippen molar-refractivity contribution in [2.45, 2.75) is 26.2 Å². The summed E-state index contributed by atoms with van der Waals surface area (Å²) in [6.07, 6.45) is 2.76. The van der Waals surface area contributed by atoms with Gasteiger partial charge in [-0.1, -0.05) is 12.1 Å². The third-order valence-corrected chi connectivity index (χ3v) is 5.27. The Bertz CT molecular complexity index is 620. The summed E-state index contributed by atoms with van der Waals surface area (Å²) >= 11 is 0. The zero-order chi connectivity index (χ0) is 18.4. The first-order chi connectivity index (χ1) is 12.7. The lowest BCUT2D eigenvalue weighted by Crippen LogP contribution is -2.50. The number of carbonyl (C=O) groups is 2. The fraction of sp³-hybridized carbons (Fsp3) is 0.600. The molecule has 2 aliphatic heterocycles. The lowest BCUT2D eigenvalue weighted by molar-refractivity contribution is -0.132. The van der Waals surface area contributed by atoms with Crippen LogP contribution in [0.3, 0.4) is 0 Å². The molecule has 1 aromatic carbocycles. The Morgan fingerprint density at radius 1 is 1.15 bits per heavy atom. The van der Waals surface area contributed by atoms with Crippen molar-refractivity contribution >= 4 is 11.8 Å². The maximum atomic E-state index is 12.8. The van der Waals surface area contributed by atoms with E-state index in [1.54, 1.807) is 6.07 Å². The topological polar surface area (TPSA) is 61.9 Å². The van der Waals surface area contributed by atoms with Crippen molar-refractivity contribution < 1.29 is 14.3 Å². The zero-order valence-corrected chi connectivity index (χ0v) is 15.6. The van der Waals surface area contributed by atoms with Crippen LogP contribution in [0, 0.1) is 5.92 Å². The Morgan fingerprint density at radius 2 is 1.88 bits per heavy atom. The predicted octanol–water partition coefficient (Wildman–Crippen LogP) is 1.76. The number of hydrogen-bond donors (Lipinski definition) is 1. The highest BCUT2D eigenvalue weighted by atomic mass is 16.5. The molecule has 2 saturated heterocycles. The van der Waals surface area contributed by atoms with Gasteiger partial charge in [0, 0.05) is 32.6 Å². The average molecular weight is 359 g/mol. The van der Waals surface area contributed by atoms with Crippen LogP contribution >= 0.6 is 0 Å². The van der Waals surface area contributed by atoms with Gasteiger partial charge in [-0.05, 0) is 50.9 Å². The lowest BCUT2D eigenvalue weighted by atomic mass is 10.0. The van der Waals surface area contributed by atoms with Gasteiger partial charge in [0.15, 0.2) is 0 Å². The van der Waals surface area contributed by atoms with E-state index in [4.69, 9.17) is 4.74 Å². The average Bonchev–Trinajstić information content (AvgIpc) is 3.20. The molecule has 0 aliphatic carbocycles. The van der Waals surface area contributed by atoms with Gasteiger partial charge in [0.25, 0.3) is 5.91 Å². The highest BCUT2D eigenvalue weighted by Crippen LogP contribution is 2.21. The monoisotopic (exact) mass is 359 g/mol. The third kappa shape index (κ3) is 4.55. The SMILES string of the molecule is CCOc1ccccc1C(=O)N1CCN(C(=O)CCC2CCNC2)CC1. The van der Waals surface area contributed by atoms with Crippen LogP contribution in [0.25, 0.3) is 0 Å². The van der Waals surface area contributed by atoms with Gasteiger partial charge in [-0.25, -0.2) is 0 Å². The number of ether oxygens (including phenoxy) is 1. The number of carbonyl (C=O) groups excluding carboxylic acids is 2. The second kappa shape index (κ2) is 9.03. The van der Waals surface area contributed by atoms with Crippen LogP contribution in [0.4, 0.5) is 0 Å². The number of para-hydroxylation sites is 1. The molecule has 0 aromatic heterocycles. The first kappa shape index (κ1) is 18.7. The minimum absolute atomic E-state index is 0.0156. The van der Waals surface area contributed by atoms with Gasteiger partial charge in [0.05, 0.1) is 12.2 Å². The van der Waals surface area contributed by atoms with Gasteiger partial charge in [-0.3, -0.25) is 9.59 Å². The number of nitrogens with zero attached hydrogens (tertiary/aromatic N) is 2. The maximum absolute atomic E-state index is 12.8. The largest absolute Gasteiger partial charge is 0.493 e. The molecule has 26 heavy (non-hydrogen) atoms. The minimum Gasteiger partial charge on any atom is -0.493 e. The summed E-state index contributed by atoms with van der Waals surface area (Å²) in [4.78, 5) is 29.0. The number of piperazine rings is 1. The molecule has 6 heteroatoms. The maximum Gasteiger partial charge on any atom is 0.257 e. The number of rotatable bonds is 6. The summed E-state index contributed by atoms with van der Waals surface area (Å²) in [6, 6.07) is 7.36. The molecule has 2 heterocycles. The molecule has 3 rings (SSSR count). The third-order valence-electron chi connectivity index (χ3n) is 5.27. The quantitative estimate of drug-likeness (QED) is 0.841. The molecule has 0 saturated carbocycles. The molecule has 0 spiro atoms. The minimum atomic E-state index is -0.0156. The summed E-state index contributed by atoms with van der Waals surface area (Å²) in [6.45, 7) is 6.94. The van der Waals surface area contributed by atoms with Crippen LogP contribution in [-0.4, -0.2) is 67.5 Å². The lowest BCUT2D eigenvalue weighted by Gasteiger charge is -2.35. The summed E-state index contributed by atoms with van der Waals surface area (Å²) in [7, 11) is 0. The molecule has 2 aliphatic rings. The highest BCUT2D eigenvalue weighted by molar-refractivity contribution is 5.97. The van der Waals surface area contributed by atoms with Crippen LogP contribution in [-0.2, 0) is 4.79 Å². The molecule has 2 fully saturated rings. The Morgan fingerprint density at radius 3 is 2.58 bits per heavy atom. The van der Waals surface area contributed by atoms with E-state index in [2.05, 4.69) is 5.32 Å². The highest BCUT2D eigenvalue weighted by Gasteiger charge is 2.26. The van der Waals surface area contributed by atoms with Crippen molar-refractivity contribution in [3.63, 3.8) is 0 Å². The van der Waals surface area contributed by atoms with E-state index in [0.29, 0.717) is 56.4 Å². The fourth-order valence-electron chi connectivity index (χ4n) is 3.70. The molecule has 1 aromatic rings. The van der Waals surface area contributed by atoms with Crippen LogP contribution in [0.1, 0.15) is 36.5 Å². The number of nitrogens with one attached hydrogen (secondary N) is 1. The molecule has 1 N–H and O–H groups in total. The van der Waals surface area contributed by atoms with Crippen molar-refractivity contribution in [3.8, 4) is 5.75 Å². The molecule has 0 radical (unpaired) electrons. The van der Waals surface area contributed by atoms with Crippen molar-refractivity contribution in [2.24, 2.45) is 5.92 Å².